The number of carbonyl (C=O) groups excluding carboxylic acids is 1. The zero-order valence-electron chi connectivity index (χ0n) is 21.0. The first-order valence-corrected chi connectivity index (χ1v) is 13.9. The largest absolute Gasteiger partial charge is 0.493 e. The maximum atomic E-state index is 13.5. The number of aryl methyl sites for hydroxylation is 3. The van der Waals surface area contributed by atoms with Gasteiger partial charge >= 0.3 is 0 Å². The van der Waals surface area contributed by atoms with E-state index in [1.54, 1.807) is 42.5 Å². The van der Waals surface area contributed by atoms with Gasteiger partial charge in [-0.1, -0.05) is 60.5 Å². The number of carbonyl (C=O) groups is 1. The van der Waals surface area contributed by atoms with Crippen LogP contribution >= 0.6 is 11.6 Å². The van der Waals surface area contributed by atoms with E-state index in [4.69, 9.17) is 16.3 Å². The number of hydrogen-bond acceptors (Lipinski definition) is 4. The zero-order chi connectivity index (χ0) is 26.1. The van der Waals surface area contributed by atoms with Gasteiger partial charge in [-0.05, 0) is 74.6 Å². The van der Waals surface area contributed by atoms with Gasteiger partial charge < -0.3 is 10.1 Å². The highest BCUT2D eigenvalue weighted by Gasteiger charge is 2.27. The number of nitrogens with zero attached hydrogens (tertiary/aromatic N) is 1. The predicted molar refractivity (Wildman–Crippen MR) is 145 cm³/mol. The van der Waals surface area contributed by atoms with Gasteiger partial charge in [0.05, 0.1) is 17.2 Å². The molecule has 0 aliphatic heterocycles. The molecule has 0 atom stereocenters. The Morgan fingerprint density at radius 2 is 1.75 bits per heavy atom. The van der Waals surface area contributed by atoms with Crippen molar-refractivity contribution in [2.24, 2.45) is 0 Å². The lowest BCUT2D eigenvalue weighted by atomic mass is 10.1. The van der Waals surface area contributed by atoms with Crippen molar-refractivity contribution in [2.75, 3.05) is 24.0 Å². The average Bonchev–Trinajstić information content (AvgIpc) is 2.86. The van der Waals surface area contributed by atoms with E-state index in [2.05, 4.69) is 12.2 Å². The van der Waals surface area contributed by atoms with E-state index >= 15 is 0 Å². The highest BCUT2D eigenvalue weighted by molar-refractivity contribution is 7.92. The summed E-state index contributed by atoms with van der Waals surface area (Å²) in [5, 5.41) is 3.29. The molecule has 0 spiro atoms. The molecular weight excluding hydrogens is 496 g/mol. The molecule has 1 N–H and O–H groups in total. The number of rotatable bonds is 12. The van der Waals surface area contributed by atoms with Crippen molar-refractivity contribution in [1.29, 1.82) is 0 Å². The Hall–Kier alpha value is -3.03. The average molecular weight is 529 g/mol. The summed E-state index contributed by atoms with van der Waals surface area (Å²) in [6.07, 6.45) is 2.36. The third-order valence-corrected chi connectivity index (χ3v) is 7.91. The van der Waals surface area contributed by atoms with Crippen LogP contribution in [0.15, 0.2) is 71.6 Å². The zero-order valence-corrected chi connectivity index (χ0v) is 22.5. The molecule has 6 nitrogen and oxygen atoms in total. The van der Waals surface area contributed by atoms with Crippen molar-refractivity contribution >= 4 is 33.2 Å². The van der Waals surface area contributed by atoms with Crippen LogP contribution in [-0.2, 0) is 21.2 Å². The van der Waals surface area contributed by atoms with Crippen molar-refractivity contribution in [3.05, 3.63) is 88.4 Å². The summed E-state index contributed by atoms with van der Waals surface area (Å²) in [4.78, 5) is 13.0. The molecule has 0 heterocycles. The number of hydrogen-bond donors (Lipinski definition) is 1. The molecule has 192 valence electrons. The Morgan fingerprint density at radius 3 is 2.44 bits per heavy atom. The number of nitrogens with one attached hydrogen (secondary N) is 1. The third-order valence-electron chi connectivity index (χ3n) is 5.72. The molecule has 3 rings (SSSR count). The number of ether oxygens (including phenoxy) is 1. The minimum atomic E-state index is -3.99. The molecule has 0 radical (unpaired) electrons. The van der Waals surface area contributed by atoms with Gasteiger partial charge in [-0.3, -0.25) is 9.10 Å². The van der Waals surface area contributed by atoms with E-state index in [0.29, 0.717) is 30.3 Å². The molecule has 8 heteroatoms. The van der Waals surface area contributed by atoms with Crippen LogP contribution in [0.4, 0.5) is 5.69 Å². The van der Waals surface area contributed by atoms with Crippen LogP contribution in [-0.4, -0.2) is 34.0 Å². The fourth-order valence-electron chi connectivity index (χ4n) is 3.65. The summed E-state index contributed by atoms with van der Waals surface area (Å²) in [5.41, 5.74) is 3.18. The second-order valence-corrected chi connectivity index (χ2v) is 10.9. The molecule has 0 saturated heterocycles. The van der Waals surface area contributed by atoms with E-state index < -0.39 is 15.9 Å². The van der Waals surface area contributed by atoms with Crippen LogP contribution in [0, 0.1) is 13.8 Å². The molecular formula is C28H33ClN2O4S. The van der Waals surface area contributed by atoms with E-state index in [1.165, 1.54) is 0 Å². The van der Waals surface area contributed by atoms with Crippen LogP contribution in [0.1, 0.15) is 36.5 Å². The Bertz CT molecular complexity index is 1280. The first kappa shape index (κ1) is 27.6. The van der Waals surface area contributed by atoms with Crippen molar-refractivity contribution < 1.29 is 17.9 Å². The number of amides is 1. The molecule has 0 aliphatic carbocycles. The van der Waals surface area contributed by atoms with Crippen LogP contribution in [0.2, 0.25) is 5.02 Å². The van der Waals surface area contributed by atoms with Crippen LogP contribution in [0.5, 0.6) is 5.75 Å². The van der Waals surface area contributed by atoms with Crippen LogP contribution in [0.3, 0.4) is 0 Å². The van der Waals surface area contributed by atoms with Gasteiger partial charge in [-0.25, -0.2) is 8.42 Å². The number of halogens is 1. The summed E-state index contributed by atoms with van der Waals surface area (Å²) in [5.74, 6) is 0.468. The predicted octanol–water partition coefficient (Wildman–Crippen LogP) is 5.69. The smallest absolute Gasteiger partial charge is 0.264 e. The molecule has 0 fully saturated rings. The summed E-state index contributed by atoms with van der Waals surface area (Å²) < 4.78 is 33.9. The maximum absolute atomic E-state index is 13.5. The van der Waals surface area contributed by atoms with Crippen molar-refractivity contribution in [1.82, 2.24) is 5.32 Å². The van der Waals surface area contributed by atoms with E-state index in [9.17, 15) is 13.2 Å². The molecule has 3 aromatic rings. The maximum Gasteiger partial charge on any atom is 0.264 e. The fourth-order valence-corrected chi connectivity index (χ4v) is 5.23. The Morgan fingerprint density at radius 1 is 1.03 bits per heavy atom. The van der Waals surface area contributed by atoms with E-state index in [0.717, 1.165) is 39.6 Å². The lowest BCUT2D eigenvalue weighted by Crippen LogP contribution is -2.41. The molecule has 0 saturated carbocycles. The molecule has 0 aliphatic rings. The van der Waals surface area contributed by atoms with E-state index in [1.807, 2.05) is 38.1 Å². The monoisotopic (exact) mass is 528 g/mol. The minimum Gasteiger partial charge on any atom is -0.493 e. The lowest BCUT2D eigenvalue weighted by molar-refractivity contribution is -0.119. The minimum absolute atomic E-state index is 0.112. The molecule has 0 unspecified atom stereocenters. The van der Waals surface area contributed by atoms with Crippen molar-refractivity contribution in [3.8, 4) is 5.75 Å². The lowest BCUT2D eigenvalue weighted by Gasteiger charge is -2.24. The first-order chi connectivity index (χ1) is 17.2. The van der Waals surface area contributed by atoms with Gasteiger partial charge in [0.1, 0.15) is 12.3 Å². The van der Waals surface area contributed by atoms with Gasteiger partial charge in [0.15, 0.2) is 0 Å². The van der Waals surface area contributed by atoms with Gasteiger partial charge in [0, 0.05) is 11.6 Å². The topological polar surface area (TPSA) is 75.7 Å². The van der Waals surface area contributed by atoms with Gasteiger partial charge in [-0.15, -0.1) is 0 Å². The van der Waals surface area contributed by atoms with Crippen LogP contribution in [0.25, 0.3) is 0 Å². The highest BCUT2D eigenvalue weighted by atomic mass is 35.5. The summed E-state index contributed by atoms with van der Waals surface area (Å²) >= 11 is 6.28. The number of para-hydroxylation sites is 1. The molecule has 1 amide bonds. The number of benzene rings is 3. The van der Waals surface area contributed by atoms with Crippen molar-refractivity contribution in [2.45, 2.75) is 44.9 Å². The van der Waals surface area contributed by atoms with Crippen LogP contribution < -0.4 is 14.4 Å². The SMILES string of the molecule is CCCOc1ccccc1CCCNC(=O)CN(c1ccc(C)c(Cl)c1)S(=O)(=O)c1ccc(C)cc1. The molecule has 36 heavy (non-hydrogen) atoms. The molecule has 0 bridgehead atoms. The quantitative estimate of drug-likeness (QED) is 0.306. The number of anilines is 1. The Kier molecular flexibility index (Phi) is 9.79. The normalized spacial score (nSPS) is 11.2. The molecule has 3 aromatic carbocycles. The Balaban J connectivity index is 1.70. The van der Waals surface area contributed by atoms with Gasteiger partial charge in [0.25, 0.3) is 10.0 Å². The third kappa shape index (κ3) is 7.24. The second-order valence-electron chi connectivity index (χ2n) is 8.67. The standard InChI is InChI=1S/C28H33ClN2O4S/c1-4-18-35-27-10-6-5-8-23(27)9-7-17-30-28(32)20-31(24-14-13-22(3)26(29)19-24)36(33,34)25-15-11-21(2)12-16-25/h5-6,8,10-16,19H,4,7,9,17-18,20H2,1-3H3,(H,30,32). The summed E-state index contributed by atoms with van der Waals surface area (Å²) in [6.45, 7) is 6.49. The van der Waals surface area contributed by atoms with Gasteiger partial charge in [0.2, 0.25) is 5.91 Å². The highest BCUT2D eigenvalue weighted by Crippen LogP contribution is 2.28. The summed E-state index contributed by atoms with van der Waals surface area (Å²) in [6, 6.07) is 19.4. The Labute approximate surface area is 219 Å². The second kappa shape index (κ2) is 12.8. The fraction of sp³-hybridized carbons (Fsp3) is 0.321. The summed E-state index contributed by atoms with van der Waals surface area (Å²) in [7, 11) is -3.99. The van der Waals surface area contributed by atoms with E-state index in [-0.39, 0.29) is 11.4 Å². The first-order valence-electron chi connectivity index (χ1n) is 12.1. The van der Waals surface area contributed by atoms with Gasteiger partial charge in [-0.2, -0.15) is 0 Å². The molecule has 0 aromatic heterocycles. The van der Waals surface area contributed by atoms with Crippen molar-refractivity contribution in [3.63, 3.8) is 0 Å². The number of sulfonamides is 1.